The number of rotatable bonds is 4. The Labute approximate surface area is 121 Å². The lowest BCUT2D eigenvalue weighted by atomic mass is 9.86. The minimum Gasteiger partial charge on any atom is -0.481 e. The first-order valence-corrected chi connectivity index (χ1v) is 6.72. The zero-order chi connectivity index (χ0) is 16.5. The molecule has 1 aliphatic rings. The first kappa shape index (κ1) is 17.7. The van der Waals surface area contributed by atoms with Gasteiger partial charge in [0.15, 0.2) is 5.41 Å². The monoisotopic (exact) mass is 310 g/mol. The molecule has 0 aromatic carbocycles. The van der Waals surface area contributed by atoms with E-state index < -0.39 is 36.4 Å². The number of amides is 1. The van der Waals surface area contributed by atoms with E-state index in [1.165, 1.54) is 0 Å². The van der Waals surface area contributed by atoms with Gasteiger partial charge in [-0.1, -0.05) is 0 Å². The number of carbonyl (C=O) groups is 2. The zero-order valence-corrected chi connectivity index (χ0v) is 12.4. The van der Waals surface area contributed by atoms with Gasteiger partial charge in [0.05, 0.1) is 0 Å². The first-order chi connectivity index (χ1) is 9.39. The second-order valence-corrected chi connectivity index (χ2v) is 6.38. The molecule has 0 aliphatic carbocycles. The van der Waals surface area contributed by atoms with Gasteiger partial charge in [-0.05, 0) is 27.2 Å². The van der Waals surface area contributed by atoms with Crippen LogP contribution in [0.25, 0.3) is 0 Å². The molecule has 0 aromatic heterocycles. The molecule has 1 saturated heterocycles. The number of alkyl halides is 3. The average molecular weight is 310 g/mol. The van der Waals surface area contributed by atoms with E-state index in [9.17, 15) is 22.8 Å². The van der Waals surface area contributed by atoms with Gasteiger partial charge in [-0.25, -0.2) is 0 Å². The van der Waals surface area contributed by atoms with E-state index in [0.29, 0.717) is 6.54 Å². The van der Waals surface area contributed by atoms with Gasteiger partial charge in [-0.15, -0.1) is 0 Å². The van der Waals surface area contributed by atoms with Crippen LogP contribution in [0.1, 0.15) is 33.6 Å². The van der Waals surface area contributed by atoms with Gasteiger partial charge in [-0.3, -0.25) is 9.59 Å². The summed E-state index contributed by atoms with van der Waals surface area (Å²) in [7, 11) is 0. The summed E-state index contributed by atoms with van der Waals surface area (Å²) in [5, 5.41) is 12.0. The molecule has 0 aromatic rings. The van der Waals surface area contributed by atoms with Crippen LogP contribution in [0.2, 0.25) is 0 Å². The summed E-state index contributed by atoms with van der Waals surface area (Å²) in [6.45, 7) is 5.08. The van der Waals surface area contributed by atoms with Crippen LogP contribution in [0.15, 0.2) is 0 Å². The van der Waals surface area contributed by atoms with Crippen molar-refractivity contribution in [1.82, 2.24) is 10.2 Å². The molecule has 122 valence electrons. The van der Waals surface area contributed by atoms with Crippen LogP contribution in [-0.4, -0.2) is 53.2 Å². The summed E-state index contributed by atoms with van der Waals surface area (Å²) in [4.78, 5) is 23.9. The van der Waals surface area contributed by atoms with Crippen LogP contribution < -0.4 is 5.32 Å². The fourth-order valence-corrected chi connectivity index (χ4v) is 2.25. The fourth-order valence-electron chi connectivity index (χ4n) is 2.25. The van der Waals surface area contributed by atoms with Crippen molar-refractivity contribution in [2.24, 2.45) is 5.41 Å². The van der Waals surface area contributed by atoms with E-state index in [0.717, 1.165) is 4.90 Å². The highest BCUT2D eigenvalue weighted by atomic mass is 19.4. The van der Waals surface area contributed by atoms with Crippen molar-refractivity contribution in [3.63, 3.8) is 0 Å². The van der Waals surface area contributed by atoms with Crippen molar-refractivity contribution in [3.05, 3.63) is 0 Å². The average Bonchev–Trinajstić information content (AvgIpc) is 2.72. The highest BCUT2D eigenvalue weighted by molar-refractivity contribution is 5.81. The number of aliphatic carboxylic acids is 1. The molecule has 1 unspecified atom stereocenters. The quantitative estimate of drug-likeness (QED) is 0.828. The van der Waals surface area contributed by atoms with Crippen LogP contribution in [0.5, 0.6) is 0 Å². The summed E-state index contributed by atoms with van der Waals surface area (Å²) in [6, 6.07) is 0. The molecule has 1 aliphatic heterocycles. The van der Waals surface area contributed by atoms with Gasteiger partial charge in [0, 0.05) is 31.6 Å². The molecule has 1 amide bonds. The Morgan fingerprint density at radius 2 is 1.86 bits per heavy atom. The van der Waals surface area contributed by atoms with E-state index in [1.54, 1.807) is 0 Å². The highest BCUT2D eigenvalue weighted by Crippen LogP contribution is 2.45. The maximum absolute atomic E-state index is 13.0. The summed E-state index contributed by atoms with van der Waals surface area (Å²) in [6.07, 6.45) is -5.41. The SMILES string of the molecule is CC(C)(C)NCCC(=O)N1CCC(C(=O)O)(C(F)(F)F)C1. The molecule has 2 N–H and O–H groups in total. The third kappa shape index (κ3) is 4.09. The molecule has 21 heavy (non-hydrogen) atoms. The molecule has 5 nitrogen and oxygen atoms in total. The largest absolute Gasteiger partial charge is 0.481 e. The molecule has 1 fully saturated rings. The van der Waals surface area contributed by atoms with E-state index in [4.69, 9.17) is 5.11 Å². The number of carboxylic acid groups (broad SMARTS) is 1. The zero-order valence-electron chi connectivity index (χ0n) is 12.4. The molecular formula is C13H21F3N2O3. The third-order valence-electron chi connectivity index (χ3n) is 3.57. The second kappa shape index (κ2) is 5.82. The first-order valence-electron chi connectivity index (χ1n) is 6.72. The van der Waals surface area contributed by atoms with Crippen molar-refractivity contribution in [3.8, 4) is 0 Å². The summed E-state index contributed by atoms with van der Waals surface area (Å²) >= 11 is 0. The molecule has 0 saturated carbocycles. The van der Waals surface area contributed by atoms with Gasteiger partial charge in [0.2, 0.25) is 5.91 Å². The molecule has 0 radical (unpaired) electrons. The van der Waals surface area contributed by atoms with Crippen LogP contribution in [0.4, 0.5) is 13.2 Å². The third-order valence-corrected chi connectivity index (χ3v) is 3.57. The fraction of sp³-hybridized carbons (Fsp3) is 0.846. The van der Waals surface area contributed by atoms with Crippen molar-refractivity contribution in [2.75, 3.05) is 19.6 Å². The van der Waals surface area contributed by atoms with Crippen molar-refractivity contribution < 1.29 is 27.9 Å². The Morgan fingerprint density at radius 1 is 1.29 bits per heavy atom. The molecule has 8 heteroatoms. The van der Waals surface area contributed by atoms with Crippen molar-refractivity contribution >= 4 is 11.9 Å². The highest BCUT2D eigenvalue weighted by Gasteiger charge is 2.64. The summed E-state index contributed by atoms with van der Waals surface area (Å²) in [5.41, 5.74) is -3.03. The van der Waals surface area contributed by atoms with Gasteiger partial charge in [0.1, 0.15) is 0 Å². The Hall–Kier alpha value is -1.31. The maximum Gasteiger partial charge on any atom is 0.406 e. The molecular weight excluding hydrogens is 289 g/mol. The summed E-state index contributed by atoms with van der Waals surface area (Å²) in [5.74, 6) is -2.38. The predicted octanol–water partition coefficient (Wildman–Crippen LogP) is 1.63. The minimum atomic E-state index is -4.86. The van der Waals surface area contributed by atoms with Gasteiger partial charge in [0.25, 0.3) is 0 Å². The number of nitrogens with zero attached hydrogens (tertiary/aromatic N) is 1. The number of carboxylic acids is 1. The molecule has 0 bridgehead atoms. The number of hydrogen-bond donors (Lipinski definition) is 2. The van der Waals surface area contributed by atoms with Gasteiger partial charge < -0.3 is 15.3 Å². The predicted molar refractivity (Wildman–Crippen MR) is 69.7 cm³/mol. The smallest absolute Gasteiger partial charge is 0.406 e. The van der Waals surface area contributed by atoms with E-state index in [1.807, 2.05) is 20.8 Å². The van der Waals surface area contributed by atoms with Gasteiger partial charge in [-0.2, -0.15) is 13.2 Å². The minimum absolute atomic E-state index is 0.0465. The van der Waals surface area contributed by atoms with Crippen LogP contribution >= 0.6 is 0 Å². The number of nitrogens with one attached hydrogen (secondary N) is 1. The molecule has 1 heterocycles. The standard InChI is InChI=1S/C13H21F3N2O3/c1-11(2,3)17-6-4-9(19)18-7-5-12(8-18,10(20)21)13(14,15)16/h17H,4-8H2,1-3H3,(H,20,21). The Bertz CT molecular complexity index is 418. The van der Waals surface area contributed by atoms with E-state index in [2.05, 4.69) is 5.32 Å². The maximum atomic E-state index is 13.0. The van der Waals surface area contributed by atoms with Crippen LogP contribution in [0.3, 0.4) is 0 Å². The van der Waals surface area contributed by atoms with E-state index in [-0.39, 0.29) is 18.5 Å². The normalized spacial score (nSPS) is 23.4. The van der Waals surface area contributed by atoms with Crippen LogP contribution in [0, 0.1) is 5.41 Å². The van der Waals surface area contributed by atoms with Crippen LogP contribution in [-0.2, 0) is 9.59 Å². The number of likely N-dealkylation sites (tertiary alicyclic amines) is 1. The molecule has 1 rings (SSSR count). The summed E-state index contributed by atoms with van der Waals surface area (Å²) < 4.78 is 38.9. The second-order valence-electron chi connectivity index (χ2n) is 6.38. The molecule has 0 spiro atoms. The van der Waals surface area contributed by atoms with Crippen molar-refractivity contribution in [2.45, 2.75) is 45.3 Å². The Kier molecular flexibility index (Phi) is 4.92. The topological polar surface area (TPSA) is 69.6 Å². The lowest BCUT2D eigenvalue weighted by molar-refractivity contribution is -0.227. The van der Waals surface area contributed by atoms with E-state index >= 15 is 0 Å². The lowest BCUT2D eigenvalue weighted by Crippen LogP contribution is -2.48. The van der Waals surface area contributed by atoms with Gasteiger partial charge >= 0.3 is 12.1 Å². The lowest BCUT2D eigenvalue weighted by Gasteiger charge is -2.27. The number of halogens is 3. The molecule has 1 atom stereocenters. The Balaban J connectivity index is 2.64. The Morgan fingerprint density at radius 3 is 2.24 bits per heavy atom. The number of hydrogen-bond acceptors (Lipinski definition) is 3. The number of carbonyl (C=O) groups excluding carboxylic acids is 1. The van der Waals surface area contributed by atoms with Crippen molar-refractivity contribution in [1.29, 1.82) is 0 Å².